The summed E-state index contributed by atoms with van der Waals surface area (Å²) >= 11 is 0. The summed E-state index contributed by atoms with van der Waals surface area (Å²) in [7, 11) is -3.08. The van der Waals surface area contributed by atoms with Crippen molar-refractivity contribution in [3.63, 3.8) is 0 Å². The van der Waals surface area contributed by atoms with Crippen LogP contribution in [0.4, 0.5) is 0 Å². The molecule has 0 unspecified atom stereocenters. The number of aryl methyl sites for hydroxylation is 1. The van der Waals surface area contributed by atoms with Gasteiger partial charge in [-0.3, -0.25) is 0 Å². The van der Waals surface area contributed by atoms with Gasteiger partial charge in [-0.05, 0) is 73.2 Å². The fourth-order valence-electron chi connectivity index (χ4n) is 4.13. The van der Waals surface area contributed by atoms with Crippen molar-refractivity contribution in [2.45, 2.75) is 13.5 Å². The number of phenols is 1. The largest absolute Gasteiger partial charge is 0.504 e. The monoisotopic (exact) mass is 507 g/mol. The van der Waals surface area contributed by atoms with Crippen molar-refractivity contribution in [2.24, 2.45) is 0 Å². The Bertz CT molecular complexity index is 1410. The molecule has 0 spiro atoms. The second-order valence-electron chi connectivity index (χ2n) is 8.80. The van der Waals surface area contributed by atoms with Crippen LogP contribution >= 0.6 is 7.49 Å². The molecule has 0 saturated heterocycles. The molecule has 0 aliphatic carbocycles. The van der Waals surface area contributed by atoms with E-state index in [9.17, 15) is 10.00 Å². The highest BCUT2D eigenvalue weighted by molar-refractivity contribution is 7.91. The highest BCUT2D eigenvalue weighted by Gasteiger charge is 2.46. The van der Waals surface area contributed by atoms with Crippen LogP contribution in [-0.2, 0) is 6.61 Å². The van der Waals surface area contributed by atoms with E-state index < -0.39 is 7.49 Å². The predicted molar refractivity (Wildman–Crippen MR) is 151 cm³/mol. The SMILES string of the molecule is Cc1ccc(Oc2ccc(COc3ccc(O)c([P+](O)(c4ccccc4)c4ccccc4)c3)cc2)cc1. The predicted octanol–water partition coefficient (Wildman–Crippen LogP) is 6.27. The summed E-state index contributed by atoms with van der Waals surface area (Å²) in [5.41, 5.74) is 2.16. The van der Waals surface area contributed by atoms with Crippen LogP contribution in [0.25, 0.3) is 0 Å². The Labute approximate surface area is 217 Å². The van der Waals surface area contributed by atoms with E-state index in [0.717, 1.165) is 27.7 Å². The molecule has 0 amide bonds. The lowest BCUT2D eigenvalue weighted by atomic mass is 10.2. The maximum atomic E-state index is 12.2. The lowest BCUT2D eigenvalue weighted by Crippen LogP contribution is -2.31. The molecule has 0 atom stereocenters. The summed E-state index contributed by atoms with van der Waals surface area (Å²) < 4.78 is 12.0. The summed E-state index contributed by atoms with van der Waals surface area (Å²) in [4.78, 5) is 12.2. The van der Waals surface area contributed by atoms with Crippen LogP contribution < -0.4 is 25.4 Å². The third-order valence-corrected chi connectivity index (χ3v) is 9.29. The minimum Gasteiger partial charge on any atom is -0.504 e. The van der Waals surface area contributed by atoms with Crippen molar-refractivity contribution in [3.8, 4) is 23.0 Å². The number of hydrogen-bond acceptors (Lipinski definition) is 4. The van der Waals surface area contributed by atoms with E-state index in [0.29, 0.717) is 17.7 Å². The molecule has 5 heteroatoms. The van der Waals surface area contributed by atoms with Gasteiger partial charge in [-0.25, -0.2) is 4.89 Å². The Hall–Kier alpha value is -4.11. The van der Waals surface area contributed by atoms with Crippen molar-refractivity contribution in [1.82, 2.24) is 0 Å². The van der Waals surface area contributed by atoms with Gasteiger partial charge in [0.1, 0.15) is 34.5 Å². The van der Waals surface area contributed by atoms with Crippen molar-refractivity contribution >= 4 is 23.4 Å². The summed E-state index contributed by atoms with van der Waals surface area (Å²) in [6.45, 7) is 2.38. The van der Waals surface area contributed by atoms with E-state index in [1.807, 2.05) is 116 Å². The van der Waals surface area contributed by atoms with E-state index in [4.69, 9.17) is 9.47 Å². The molecule has 0 aliphatic rings. The van der Waals surface area contributed by atoms with Gasteiger partial charge in [-0.15, -0.1) is 0 Å². The molecule has 5 aromatic rings. The van der Waals surface area contributed by atoms with Crippen LogP contribution in [0.5, 0.6) is 23.0 Å². The minimum absolute atomic E-state index is 0.0356. The van der Waals surface area contributed by atoms with Gasteiger partial charge in [0.25, 0.3) is 0 Å². The fourth-order valence-corrected chi connectivity index (χ4v) is 6.91. The summed E-state index contributed by atoms with van der Waals surface area (Å²) in [5, 5.41) is 12.8. The molecule has 0 radical (unpaired) electrons. The Morgan fingerprint density at radius 3 is 1.70 bits per heavy atom. The van der Waals surface area contributed by atoms with Gasteiger partial charge in [-0.1, -0.05) is 66.2 Å². The third-order valence-electron chi connectivity index (χ3n) is 6.14. The topological polar surface area (TPSA) is 58.9 Å². The first kappa shape index (κ1) is 24.6. The number of rotatable bonds is 8. The van der Waals surface area contributed by atoms with Crippen LogP contribution in [0, 0.1) is 6.92 Å². The Kier molecular flexibility index (Phi) is 7.23. The molecule has 184 valence electrons. The van der Waals surface area contributed by atoms with Crippen LogP contribution in [-0.4, -0.2) is 10.00 Å². The van der Waals surface area contributed by atoms with Gasteiger partial charge in [0, 0.05) is 6.07 Å². The van der Waals surface area contributed by atoms with Crippen LogP contribution in [0.2, 0.25) is 0 Å². The summed E-state index contributed by atoms with van der Waals surface area (Å²) in [6, 6.07) is 39.7. The average molecular weight is 508 g/mol. The second-order valence-corrected chi connectivity index (χ2v) is 11.6. The normalized spacial score (nSPS) is 11.2. The molecule has 37 heavy (non-hydrogen) atoms. The van der Waals surface area contributed by atoms with Gasteiger partial charge in [-0.2, -0.15) is 0 Å². The van der Waals surface area contributed by atoms with Gasteiger partial charge >= 0.3 is 0 Å². The van der Waals surface area contributed by atoms with E-state index in [-0.39, 0.29) is 5.75 Å². The highest BCUT2D eigenvalue weighted by Crippen LogP contribution is 2.53. The molecular weight excluding hydrogens is 479 g/mol. The second kappa shape index (κ2) is 10.9. The van der Waals surface area contributed by atoms with E-state index in [2.05, 4.69) is 0 Å². The van der Waals surface area contributed by atoms with Crippen LogP contribution in [0.15, 0.2) is 127 Å². The molecule has 2 N–H and O–H groups in total. The first-order chi connectivity index (χ1) is 18.0. The number of aromatic hydroxyl groups is 1. The van der Waals surface area contributed by atoms with Crippen LogP contribution in [0.3, 0.4) is 0 Å². The Morgan fingerprint density at radius 2 is 1.14 bits per heavy atom. The average Bonchev–Trinajstić information content (AvgIpc) is 2.95. The molecule has 5 aromatic carbocycles. The zero-order valence-electron chi connectivity index (χ0n) is 20.5. The van der Waals surface area contributed by atoms with Crippen molar-refractivity contribution in [1.29, 1.82) is 0 Å². The molecule has 4 nitrogen and oxygen atoms in total. The quantitative estimate of drug-likeness (QED) is 0.243. The maximum Gasteiger partial charge on any atom is 0.242 e. The lowest BCUT2D eigenvalue weighted by molar-refractivity contribution is 0.306. The first-order valence-electron chi connectivity index (χ1n) is 12.1. The van der Waals surface area contributed by atoms with Crippen molar-refractivity contribution < 1.29 is 19.5 Å². The van der Waals surface area contributed by atoms with Crippen molar-refractivity contribution in [2.75, 3.05) is 0 Å². The fraction of sp³-hybridized carbons (Fsp3) is 0.0625. The van der Waals surface area contributed by atoms with Gasteiger partial charge in [0.05, 0.1) is 0 Å². The van der Waals surface area contributed by atoms with Gasteiger partial charge in [0.15, 0.2) is 11.1 Å². The van der Waals surface area contributed by atoms with E-state index in [1.165, 1.54) is 5.56 Å². The molecule has 5 rings (SSSR count). The van der Waals surface area contributed by atoms with Gasteiger partial charge in [0.2, 0.25) is 7.49 Å². The van der Waals surface area contributed by atoms with Crippen LogP contribution in [0.1, 0.15) is 11.1 Å². The Morgan fingerprint density at radius 1 is 0.622 bits per heavy atom. The zero-order valence-corrected chi connectivity index (χ0v) is 21.4. The number of phenolic OH excluding ortho intramolecular Hbond substituents is 1. The number of ether oxygens (including phenoxy) is 2. The molecule has 0 saturated carbocycles. The first-order valence-corrected chi connectivity index (χ1v) is 13.8. The zero-order chi connectivity index (χ0) is 25.7. The van der Waals surface area contributed by atoms with Crippen molar-refractivity contribution in [3.05, 3.63) is 139 Å². The molecule has 0 aromatic heterocycles. The third kappa shape index (κ3) is 5.51. The lowest BCUT2D eigenvalue weighted by Gasteiger charge is -2.21. The minimum atomic E-state index is -3.08. The smallest absolute Gasteiger partial charge is 0.242 e. The number of hydrogen-bond donors (Lipinski definition) is 2. The van der Waals surface area contributed by atoms with E-state index >= 15 is 0 Å². The summed E-state index contributed by atoms with van der Waals surface area (Å²) in [5.74, 6) is 2.14. The molecular formula is C32H28O4P+. The highest BCUT2D eigenvalue weighted by atomic mass is 31.2. The maximum absolute atomic E-state index is 12.2. The molecule has 0 heterocycles. The molecule has 0 bridgehead atoms. The molecule has 0 aliphatic heterocycles. The van der Waals surface area contributed by atoms with Gasteiger partial charge < -0.3 is 14.6 Å². The van der Waals surface area contributed by atoms with E-state index in [1.54, 1.807) is 18.2 Å². The summed E-state index contributed by atoms with van der Waals surface area (Å²) in [6.07, 6.45) is 0. The standard InChI is InChI=1S/C32H27O4P/c1-24-12-16-26(17-13-24)36-27-18-14-25(15-19-27)23-35-28-20-21-31(33)32(22-28)37(34,29-8-4-2-5-9-29)30-10-6-3-7-11-30/h2-22,34H,23H2,1H3/p+1. The number of benzene rings is 5. The molecule has 0 fully saturated rings. The Balaban J connectivity index is 1.36.